The summed E-state index contributed by atoms with van der Waals surface area (Å²) in [5, 5.41) is 10.4. The molecule has 0 aromatic heterocycles. The maximum Gasteiger partial charge on any atom is 0.282 e. The van der Waals surface area contributed by atoms with Crippen LogP contribution in [0, 0.1) is 0 Å². The summed E-state index contributed by atoms with van der Waals surface area (Å²) < 4.78 is 0. The Morgan fingerprint density at radius 3 is 2.35 bits per heavy atom. The van der Waals surface area contributed by atoms with Gasteiger partial charge in [-0.15, -0.1) is 0 Å². The Morgan fingerprint density at radius 1 is 0.957 bits per heavy atom. The van der Waals surface area contributed by atoms with Crippen molar-refractivity contribution < 1.29 is 14.7 Å². The van der Waals surface area contributed by atoms with Gasteiger partial charge in [-0.25, -0.2) is 5.01 Å². The monoisotopic (exact) mass is 306 g/mol. The van der Waals surface area contributed by atoms with Gasteiger partial charge in [0, 0.05) is 0 Å². The van der Waals surface area contributed by atoms with Crippen LogP contribution in [0.2, 0.25) is 0 Å². The normalized spacial score (nSPS) is 16.3. The zero-order chi connectivity index (χ0) is 16.2. The van der Waals surface area contributed by atoms with Gasteiger partial charge in [-0.3, -0.25) is 15.0 Å². The third-order valence-corrected chi connectivity index (χ3v) is 3.35. The molecule has 0 atom stereocenters. The number of rotatable bonds is 3. The molecule has 23 heavy (non-hydrogen) atoms. The molecular formula is C18H14N2O3. The third kappa shape index (κ3) is 3.13. The van der Waals surface area contributed by atoms with Gasteiger partial charge in [0.25, 0.3) is 11.8 Å². The summed E-state index contributed by atoms with van der Waals surface area (Å²) in [6, 6.07) is 15.5. The number of nitrogens with one attached hydrogen (secondary N) is 1. The highest BCUT2D eigenvalue weighted by Crippen LogP contribution is 2.19. The summed E-state index contributed by atoms with van der Waals surface area (Å²) in [6.07, 6.45) is 4.86. The number of phenols is 1. The van der Waals surface area contributed by atoms with E-state index in [4.69, 9.17) is 0 Å². The largest absolute Gasteiger partial charge is 0.508 e. The van der Waals surface area contributed by atoms with Crippen LogP contribution < -0.4 is 10.4 Å². The molecule has 0 spiro atoms. The molecule has 1 fully saturated rings. The molecule has 0 radical (unpaired) electrons. The quantitative estimate of drug-likeness (QED) is 0.676. The highest BCUT2D eigenvalue weighted by molar-refractivity contribution is 6.29. The van der Waals surface area contributed by atoms with Crippen molar-refractivity contribution in [2.45, 2.75) is 0 Å². The molecular weight excluding hydrogens is 292 g/mol. The topological polar surface area (TPSA) is 69.6 Å². The van der Waals surface area contributed by atoms with E-state index in [1.807, 2.05) is 6.07 Å². The van der Waals surface area contributed by atoms with Crippen molar-refractivity contribution in [3.05, 3.63) is 77.9 Å². The molecule has 3 rings (SSSR count). The van der Waals surface area contributed by atoms with E-state index in [0.29, 0.717) is 5.69 Å². The Kier molecular flexibility index (Phi) is 3.93. The smallest absolute Gasteiger partial charge is 0.282 e. The Morgan fingerprint density at radius 2 is 1.65 bits per heavy atom. The van der Waals surface area contributed by atoms with Crippen LogP contribution in [0.3, 0.4) is 0 Å². The van der Waals surface area contributed by atoms with Gasteiger partial charge in [0.05, 0.1) is 5.69 Å². The number of aromatic hydroxyl groups is 1. The van der Waals surface area contributed by atoms with Gasteiger partial charge in [-0.05, 0) is 35.9 Å². The minimum atomic E-state index is -0.436. The number of nitrogens with zero attached hydrogens (tertiary/aromatic N) is 1. The lowest BCUT2D eigenvalue weighted by Crippen LogP contribution is -2.35. The molecule has 1 aliphatic heterocycles. The number of allylic oxidation sites excluding steroid dienone is 2. The van der Waals surface area contributed by atoms with Crippen LogP contribution in [0.1, 0.15) is 5.56 Å². The van der Waals surface area contributed by atoms with Crippen molar-refractivity contribution in [3.63, 3.8) is 0 Å². The summed E-state index contributed by atoms with van der Waals surface area (Å²) >= 11 is 0. The molecule has 0 bridgehead atoms. The number of carbonyl (C=O) groups is 2. The summed E-state index contributed by atoms with van der Waals surface area (Å²) in [5.41, 5.74) is 4.07. The summed E-state index contributed by atoms with van der Waals surface area (Å²) in [5.74, 6) is -0.643. The molecule has 2 aromatic rings. The molecule has 5 nitrogen and oxygen atoms in total. The van der Waals surface area contributed by atoms with Crippen LogP contribution in [-0.2, 0) is 9.59 Å². The number of hydrogen-bond acceptors (Lipinski definition) is 3. The van der Waals surface area contributed by atoms with Crippen LogP contribution in [0.25, 0.3) is 6.08 Å². The van der Waals surface area contributed by atoms with E-state index in [2.05, 4.69) is 5.43 Å². The third-order valence-electron chi connectivity index (χ3n) is 3.35. The van der Waals surface area contributed by atoms with E-state index in [9.17, 15) is 14.7 Å². The minimum absolute atomic E-state index is 0.0730. The van der Waals surface area contributed by atoms with Gasteiger partial charge in [0.2, 0.25) is 0 Å². The molecule has 2 N–H and O–H groups in total. The van der Waals surface area contributed by atoms with E-state index in [0.717, 1.165) is 5.56 Å². The molecule has 1 aliphatic rings. The molecule has 2 amide bonds. The second-order valence-electron chi connectivity index (χ2n) is 4.95. The lowest BCUT2D eigenvalue weighted by atomic mass is 10.1. The van der Waals surface area contributed by atoms with Crippen LogP contribution >= 0.6 is 0 Å². The number of hydrazine groups is 1. The maximum absolute atomic E-state index is 12.3. The van der Waals surface area contributed by atoms with Gasteiger partial charge in [0.15, 0.2) is 0 Å². The first-order chi connectivity index (χ1) is 11.1. The lowest BCUT2D eigenvalue weighted by Gasteiger charge is -2.13. The summed E-state index contributed by atoms with van der Waals surface area (Å²) in [7, 11) is 0. The predicted octanol–water partition coefficient (Wildman–Crippen LogP) is 2.41. The van der Waals surface area contributed by atoms with Crippen LogP contribution in [-0.4, -0.2) is 16.9 Å². The second-order valence-corrected chi connectivity index (χ2v) is 4.95. The number of benzene rings is 2. The highest BCUT2D eigenvalue weighted by atomic mass is 16.3. The lowest BCUT2D eigenvalue weighted by molar-refractivity contribution is -0.117. The first-order valence-electron chi connectivity index (χ1n) is 7.03. The van der Waals surface area contributed by atoms with Crippen LogP contribution in [0.15, 0.2) is 72.3 Å². The predicted molar refractivity (Wildman–Crippen MR) is 87.3 cm³/mol. The van der Waals surface area contributed by atoms with Crippen LogP contribution in [0.5, 0.6) is 5.75 Å². The molecule has 0 unspecified atom stereocenters. The standard InChI is InChI=1S/C18H14N2O3/c21-15-11-9-13(10-12-15)5-4-8-16-17(22)19-20(18(16)23)14-6-2-1-3-7-14/h1-12,21H,(H,19,22). The molecule has 2 aromatic carbocycles. The van der Waals surface area contributed by atoms with Crippen molar-refractivity contribution in [3.8, 4) is 5.75 Å². The number of para-hydroxylation sites is 1. The molecule has 0 aliphatic carbocycles. The van der Waals surface area contributed by atoms with Gasteiger partial charge in [0.1, 0.15) is 11.3 Å². The highest BCUT2D eigenvalue weighted by Gasteiger charge is 2.33. The van der Waals surface area contributed by atoms with E-state index < -0.39 is 11.8 Å². The van der Waals surface area contributed by atoms with E-state index in [-0.39, 0.29) is 11.3 Å². The number of phenolic OH excluding ortho intramolecular Hbond substituents is 1. The maximum atomic E-state index is 12.3. The Bertz CT molecular complexity index is 793. The Balaban J connectivity index is 1.78. The van der Waals surface area contributed by atoms with E-state index in [1.165, 1.54) is 11.1 Å². The van der Waals surface area contributed by atoms with Crippen LogP contribution in [0.4, 0.5) is 5.69 Å². The summed E-state index contributed by atoms with van der Waals surface area (Å²) in [6.45, 7) is 0. The van der Waals surface area contributed by atoms with E-state index in [1.54, 1.807) is 60.7 Å². The molecule has 114 valence electrons. The van der Waals surface area contributed by atoms with Crippen molar-refractivity contribution in [1.82, 2.24) is 5.43 Å². The Labute approximate surface area is 133 Å². The second kappa shape index (κ2) is 6.19. The average Bonchev–Trinajstić information content (AvgIpc) is 2.85. The molecule has 0 saturated carbocycles. The Hall–Kier alpha value is -3.34. The van der Waals surface area contributed by atoms with Gasteiger partial charge in [-0.2, -0.15) is 0 Å². The summed E-state index contributed by atoms with van der Waals surface area (Å²) in [4.78, 5) is 24.3. The number of anilines is 1. The molecule has 5 heteroatoms. The van der Waals surface area contributed by atoms with Crippen molar-refractivity contribution in [2.75, 3.05) is 5.01 Å². The SMILES string of the molecule is O=C1NN(c2ccccc2)C(=O)C1=CC=Cc1ccc(O)cc1. The van der Waals surface area contributed by atoms with Gasteiger partial charge in [-0.1, -0.05) is 42.5 Å². The fourth-order valence-electron chi connectivity index (χ4n) is 2.18. The first-order valence-corrected chi connectivity index (χ1v) is 7.03. The minimum Gasteiger partial charge on any atom is -0.508 e. The van der Waals surface area contributed by atoms with Gasteiger partial charge < -0.3 is 5.11 Å². The van der Waals surface area contributed by atoms with Crippen molar-refractivity contribution in [2.24, 2.45) is 0 Å². The zero-order valence-corrected chi connectivity index (χ0v) is 12.1. The van der Waals surface area contributed by atoms with E-state index >= 15 is 0 Å². The number of carbonyl (C=O) groups excluding carboxylic acids is 2. The van der Waals surface area contributed by atoms with Gasteiger partial charge >= 0.3 is 0 Å². The van der Waals surface area contributed by atoms with Crippen molar-refractivity contribution >= 4 is 23.6 Å². The molecule has 1 heterocycles. The molecule has 1 saturated heterocycles. The average molecular weight is 306 g/mol. The van der Waals surface area contributed by atoms with Crippen molar-refractivity contribution in [1.29, 1.82) is 0 Å². The first kappa shape index (κ1) is 14.6. The fourth-order valence-corrected chi connectivity index (χ4v) is 2.18. The number of hydrogen-bond donors (Lipinski definition) is 2. The number of amides is 2. The fraction of sp³-hybridized carbons (Fsp3) is 0. The zero-order valence-electron chi connectivity index (χ0n) is 12.1.